The highest BCUT2D eigenvalue weighted by Gasteiger charge is 2.26. The third-order valence-corrected chi connectivity index (χ3v) is 6.27. The van der Waals surface area contributed by atoms with Crippen LogP contribution in [0.3, 0.4) is 0 Å². The number of likely N-dealkylation sites (N-methyl/N-ethyl adjacent to an activating group) is 1. The van der Waals surface area contributed by atoms with Crippen LogP contribution in [0.5, 0.6) is 0 Å². The Labute approximate surface area is 176 Å². The maximum absolute atomic E-state index is 13.7. The highest BCUT2D eigenvalue weighted by Crippen LogP contribution is 2.39. The van der Waals surface area contributed by atoms with Crippen LogP contribution in [0.25, 0.3) is 11.1 Å². The fourth-order valence-electron chi connectivity index (χ4n) is 4.36. The highest BCUT2D eigenvalue weighted by atomic mass is 19.1. The smallest absolute Gasteiger partial charge is 0.267 e. The van der Waals surface area contributed by atoms with Gasteiger partial charge in [-0.05, 0) is 56.5 Å². The van der Waals surface area contributed by atoms with Gasteiger partial charge in [0.05, 0.1) is 5.69 Å². The Morgan fingerprint density at radius 2 is 2.07 bits per heavy atom. The number of carbonyl (C=O) groups is 1. The highest BCUT2D eigenvalue weighted by molar-refractivity contribution is 5.76. The summed E-state index contributed by atoms with van der Waals surface area (Å²) >= 11 is 0. The lowest BCUT2D eigenvalue weighted by Crippen LogP contribution is -2.48. The molecule has 1 saturated heterocycles. The number of rotatable bonds is 6. The molecule has 1 aromatic heterocycles. The SMILES string of the molecule is CCN1CCC[C@H](NC(=O)Cn2nc(C3CCC3)c(-c3cccc(F)c3)cc2=O)C1. The second kappa shape index (κ2) is 9.08. The Morgan fingerprint density at radius 3 is 2.77 bits per heavy atom. The number of amides is 1. The molecule has 30 heavy (non-hydrogen) atoms. The molecule has 0 spiro atoms. The van der Waals surface area contributed by atoms with E-state index in [1.54, 1.807) is 12.1 Å². The molecule has 1 N–H and O–H groups in total. The van der Waals surface area contributed by atoms with Crippen LogP contribution in [0.4, 0.5) is 4.39 Å². The molecule has 0 unspecified atom stereocenters. The Morgan fingerprint density at radius 1 is 1.23 bits per heavy atom. The molecule has 1 amide bonds. The normalized spacial score (nSPS) is 20.0. The molecule has 2 fully saturated rings. The summed E-state index contributed by atoms with van der Waals surface area (Å²) in [4.78, 5) is 27.7. The molecule has 2 heterocycles. The van der Waals surface area contributed by atoms with Gasteiger partial charge in [-0.15, -0.1) is 0 Å². The van der Waals surface area contributed by atoms with Crippen molar-refractivity contribution in [1.29, 1.82) is 0 Å². The van der Waals surface area contributed by atoms with Crippen molar-refractivity contribution in [3.63, 3.8) is 0 Å². The first kappa shape index (κ1) is 20.7. The van der Waals surface area contributed by atoms with E-state index in [1.807, 2.05) is 0 Å². The zero-order valence-corrected chi connectivity index (χ0v) is 17.4. The molecule has 7 heteroatoms. The molecular weight excluding hydrogens is 383 g/mol. The van der Waals surface area contributed by atoms with Gasteiger partial charge in [-0.3, -0.25) is 9.59 Å². The Balaban J connectivity index is 1.55. The fourth-order valence-corrected chi connectivity index (χ4v) is 4.36. The average molecular weight is 413 g/mol. The van der Waals surface area contributed by atoms with Gasteiger partial charge in [0.2, 0.25) is 5.91 Å². The average Bonchev–Trinajstić information content (AvgIpc) is 2.69. The number of likely N-dealkylation sites (tertiary alicyclic amines) is 1. The van der Waals surface area contributed by atoms with Crippen LogP contribution in [0.1, 0.15) is 50.6 Å². The third kappa shape index (κ3) is 4.61. The van der Waals surface area contributed by atoms with Gasteiger partial charge in [-0.25, -0.2) is 9.07 Å². The number of hydrogen-bond acceptors (Lipinski definition) is 4. The topological polar surface area (TPSA) is 67.2 Å². The summed E-state index contributed by atoms with van der Waals surface area (Å²) in [7, 11) is 0. The van der Waals surface area contributed by atoms with Crippen LogP contribution in [-0.2, 0) is 11.3 Å². The number of aromatic nitrogens is 2. The van der Waals surface area contributed by atoms with Gasteiger partial charge in [-0.2, -0.15) is 5.10 Å². The van der Waals surface area contributed by atoms with Crippen LogP contribution in [0.15, 0.2) is 35.1 Å². The fraction of sp³-hybridized carbons (Fsp3) is 0.522. The molecule has 1 atom stereocenters. The molecule has 1 aliphatic carbocycles. The molecular formula is C23H29FN4O2. The van der Waals surface area contributed by atoms with Gasteiger partial charge in [0.25, 0.3) is 5.56 Å². The van der Waals surface area contributed by atoms with Crippen molar-refractivity contribution in [3.8, 4) is 11.1 Å². The largest absolute Gasteiger partial charge is 0.350 e. The summed E-state index contributed by atoms with van der Waals surface area (Å²) in [6.45, 7) is 4.91. The summed E-state index contributed by atoms with van der Waals surface area (Å²) < 4.78 is 15.0. The molecule has 1 aliphatic heterocycles. The number of benzene rings is 1. The second-order valence-electron chi connectivity index (χ2n) is 8.38. The Kier molecular flexibility index (Phi) is 6.27. The number of nitrogens with zero attached hydrogens (tertiary/aromatic N) is 3. The molecule has 1 saturated carbocycles. The lowest BCUT2D eigenvalue weighted by molar-refractivity contribution is -0.123. The van der Waals surface area contributed by atoms with Crippen LogP contribution >= 0.6 is 0 Å². The monoisotopic (exact) mass is 412 g/mol. The minimum absolute atomic E-state index is 0.0926. The van der Waals surface area contributed by atoms with Crippen LogP contribution < -0.4 is 10.9 Å². The molecule has 6 nitrogen and oxygen atoms in total. The Hall–Kier alpha value is -2.54. The van der Waals surface area contributed by atoms with Gasteiger partial charge >= 0.3 is 0 Å². The lowest BCUT2D eigenvalue weighted by Gasteiger charge is -2.32. The molecule has 2 aliphatic rings. The maximum Gasteiger partial charge on any atom is 0.267 e. The maximum atomic E-state index is 13.7. The van der Waals surface area contributed by atoms with Crippen molar-refractivity contribution in [3.05, 3.63) is 52.2 Å². The van der Waals surface area contributed by atoms with E-state index < -0.39 is 0 Å². The van der Waals surface area contributed by atoms with E-state index in [9.17, 15) is 14.0 Å². The number of halogens is 1. The van der Waals surface area contributed by atoms with Gasteiger partial charge in [0.1, 0.15) is 12.4 Å². The van der Waals surface area contributed by atoms with Crippen molar-refractivity contribution in [2.45, 2.75) is 57.5 Å². The van der Waals surface area contributed by atoms with Gasteiger partial charge in [0.15, 0.2) is 0 Å². The first-order chi connectivity index (χ1) is 14.5. The predicted molar refractivity (Wildman–Crippen MR) is 114 cm³/mol. The summed E-state index contributed by atoms with van der Waals surface area (Å²) in [5.74, 6) is -0.288. The standard InChI is InChI=1S/C23H29FN4O2/c1-2-27-11-5-10-19(14-27)25-21(29)15-28-22(30)13-20(17-8-4-9-18(24)12-17)23(26-28)16-6-3-7-16/h4,8-9,12-13,16,19H,2-3,5-7,10-11,14-15H2,1H3,(H,25,29)/t19-/m0/s1. The van der Waals surface area contributed by atoms with E-state index in [0.29, 0.717) is 11.1 Å². The van der Waals surface area contributed by atoms with Crippen LogP contribution in [-0.4, -0.2) is 46.3 Å². The zero-order valence-electron chi connectivity index (χ0n) is 17.4. The zero-order chi connectivity index (χ0) is 21.1. The summed E-state index contributed by atoms with van der Waals surface area (Å²) in [5, 5.41) is 7.63. The van der Waals surface area contributed by atoms with Crippen molar-refractivity contribution < 1.29 is 9.18 Å². The molecule has 0 bridgehead atoms. The van der Waals surface area contributed by atoms with E-state index in [2.05, 4.69) is 22.2 Å². The lowest BCUT2D eigenvalue weighted by atomic mass is 9.80. The third-order valence-electron chi connectivity index (χ3n) is 6.27. The van der Waals surface area contributed by atoms with Crippen molar-refractivity contribution in [2.75, 3.05) is 19.6 Å². The van der Waals surface area contributed by atoms with E-state index in [0.717, 1.165) is 57.4 Å². The van der Waals surface area contributed by atoms with Crippen LogP contribution in [0.2, 0.25) is 0 Å². The minimum atomic E-state index is -0.343. The van der Waals surface area contributed by atoms with Crippen molar-refractivity contribution in [1.82, 2.24) is 20.0 Å². The quantitative estimate of drug-likeness (QED) is 0.792. The molecule has 4 rings (SSSR count). The van der Waals surface area contributed by atoms with Crippen LogP contribution in [0, 0.1) is 5.82 Å². The molecule has 2 aromatic rings. The van der Waals surface area contributed by atoms with Gasteiger partial charge < -0.3 is 10.2 Å². The Bertz CT molecular complexity index is 970. The van der Waals surface area contributed by atoms with Gasteiger partial charge in [-0.1, -0.05) is 25.5 Å². The van der Waals surface area contributed by atoms with Gasteiger partial charge in [0, 0.05) is 30.1 Å². The second-order valence-corrected chi connectivity index (χ2v) is 8.38. The number of hydrogen-bond donors (Lipinski definition) is 1. The number of carbonyl (C=O) groups excluding carboxylic acids is 1. The minimum Gasteiger partial charge on any atom is -0.350 e. The summed E-state index contributed by atoms with van der Waals surface area (Å²) in [6, 6.07) is 7.86. The van der Waals surface area contributed by atoms with E-state index >= 15 is 0 Å². The summed E-state index contributed by atoms with van der Waals surface area (Å²) in [6.07, 6.45) is 5.12. The number of nitrogens with one attached hydrogen (secondary N) is 1. The van der Waals surface area contributed by atoms with E-state index in [1.165, 1.54) is 22.9 Å². The summed E-state index contributed by atoms with van der Waals surface area (Å²) in [5.41, 5.74) is 1.77. The van der Waals surface area contributed by atoms with Crippen molar-refractivity contribution in [2.24, 2.45) is 0 Å². The molecule has 0 radical (unpaired) electrons. The first-order valence-corrected chi connectivity index (χ1v) is 10.9. The number of piperidine rings is 1. The predicted octanol–water partition coefficient (Wildman–Crippen LogP) is 2.92. The molecule has 160 valence electrons. The van der Waals surface area contributed by atoms with E-state index in [-0.39, 0.29) is 35.8 Å². The van der Waals surface area contributed by atoms with Crippen molar-refractivity contribution >= 4 is 5.91 Å². The molecule has 1 aromatic carbocycles. The first-order valence-electron chi connectivity index (χ1n) is 10.9. The van der Waals surface area contributed by atoms with E-state index in [4.69, 9.17) is 0 Å².